The molecule has 1 aliphatic heterocycles. The van der Waals surface area contributed by atoms with E-state index >= 15 is 0 Å². The number of hydrogen-bond acceptors (Lipinski definition) is 4. The van der Waals surface area contributed by atoms with Gasteiger partial charge in [0, 0.05) is 6.42 Å². The summed E-state index contributed by atoms with van der Waals surface area (Å²) >= 11 is 0. The molecular formula is C18H18N2O2. The third kappa shape index (κ3) is 2.48. The van der Waals surface area contributed by atoms with E-state index in [-0.39, 0.29) is 0 Å². The highest BCUT2D eigenvalue weighted by Gasteiger charge is 2.39. The van der Waals surface area contributed by atoms with Crippen LogP contribution < -0.4 is 9.75 Å². The molecule has 4 nitrogen and oxygen atoms in total. The molecule has 0 fully saturated rings. The molecular weight excluding hydrogens is 276 g/mol. The van der Waals surface area contributed by atoms with Crippen molar-refractivity contribution in [2.24, 2.45) is 5.10 Å². The normalized spacial score (nSPS) is 20.6. The lowest BCUT2D eigenvalue weighted by Crippen LogP contribution is -2.41. The average molecular weight is 294 g/mol. The Labute approximate surface area is 130 Å². The van der Waals surface area contributed by atoms with E-state index in [0.29, 0.717) is 6.42 Å². The molecule has 1 unspecified atom stereocenters. The molecule has 0 saturated heterocycles. The molecule has 0 aromatic heterocycles. The van der Waals surface area contributed by atoms with E-state index in [2.05, 4.69) is 5.10 Å². The zero-order valence-corrected chi connectivity index (χ0v) is 12.7. The lowest BCUT2D eigenvalue weighted by Gasteiger charge is -2.28. The number of carbonyl (C=O) groups excluding carboxylic acids is 1. The number of methoxy groups -OCH3 is 1. The van der Waals surface area contributed by atoms with Gasteiger partial charge in [0.2, 0.25) is 0 Å². The van der Waals surface area contributed by atoms with Crippen molar-refractivity contribution in [3.63, 3.8) is 0 Å². The molecule has 2 aromatic rings. The van der Waals surface area contributed by atoms with Crippen molar-refractivity contribution in [2.75, 3.05) is 12.1 Å². The van der Waals surface area contributed by atoms with Crippen molar-refractivity contribution in [3.05, 3.63) is 60.2 Å². The van der Waals surface area contributed by atoms with Crippen molar-refractivity contribution >= 4 is 17.7 Å². The Morgan fingerprint density at radius 1 is 1.14 bits per heavy atom. The fourth-order valence-corrected chi connectivity index (χ4v) is 2.64. The summed E-state index contributed by atoms with van der Waals surface area (Å²) in [5.74, 6) is 0.806. The van der Waals surface area contributed by atoms with Gasteiger partial charge >= 0.3 is 0 Å². The van der Waals surface area contributed by atoms with Gasteiger partial charge in [-0.2, -0.15) is 5.10 Å². The van der Waals surface area contributed by atoms with Gasteiger partial charge in [0.1, 0.15) is 17.6 Å². The topological polar surface area (TPSA) is 41.9 Å². The van der Waals surface area contributed by atoms with Crippen molar-refractivity contribution in [1.29, 1.82) is 0 Å². The third-order valence-corrected chi connectivity index (χ3v) is 3.91. The van der Waals surface area contributed by atoms with Crippen molar-refractivity contribution in [2.45, 2.75) is 18.9 Å². The van der Waals surface area contributed by atoms with Crippen LogP contribution in [0.3, 0.4) is 0 Å². The highest BCUT2D eigenvalue weighted by atomic mass is 16.5. The molecule has 0 radical (unpaired) electrons. The van der Waals surface area contributed by atoms with E-state index in [0.717, 1.165) is 29.0 Å². The highest BCUT2D eigenvalue weighted by molar-refractivity contribution is 6.06. The quantitative estimate of drug-likeness (QED) is 0.813. The number of hydrazone groups is 1. The van der Waals surface area contributed by atoms with Gasteiger partial charge in [0.25, 0.3) is 0 Å². The minimum Gasteiger partial charge on any atom is -0.497 e. The lowest BCUT2D eigenvalue weighted by atomic mass is 9.94. The van der Waals surface area contributed by atoms with E-state index in [1.807, 2.05) is 61.5 Å². The molecule has 0 aliphatic carbocycles. The third-order valence-electron chi connectivity index (χ3n) is 3.91. The van der Waals surface area contributed by atoms with Crippen LogP contribution in [0.5, 0.6) is 5.75 Å². The molecule has 1 atom stereocenters. The molecule has 0 amide bonds. The Morgan fingerprint density at radius 3 is 2.41 bits per heavy atom. The summed E-state index contributed by atoms with van der Waals surface area (Å²) in [5, 5.41) is 6.49. The zero-order valence-electron chi connectivity index (χ0n) is 12.7. The van der Waals surface area contributed by atoms with Gasteiger partial charge in [0.05, 0.1) is 18.5 Å². The predicted octanol–water partition coefficient (Wildman–Crippen LogP) is 3.27. The average Bonchev–Trinajstić information content (AvgIpc) is 2.94. The number of nitrogens with zero attached hydrogens (tertiary/aromatic N) is 2. The Kier molecular flexibility index (Phi) is 3.67. The van der Waals surface area contributed by atoms with Crippen LogP contribution in [0.4, 0.5) is 5.69 Å². The van der Waals surface area contributed by atoms with Gasteiger partial charge < -0.3 is 9.53 Å². The van der Waals surface area contributed by atoms with Crippen LogP contribution in [0.1, 0.15) is 18.9 Å². The number of benzene rings is 2. The Balaban J connectivity index is 1.97. The first-order valence-corrected chi connectivity index (χ1v) is 7.20. The molecule has 112 valence electrons. The van der Waals surface area contributed by atoms with Crippen LogP contribution in [-0.2, 0) is 4.79 Å². The SMILES string of the molecule is COc1ccc(C2=NN(c3ccccc3)C(C)(C=O)C2)cc1. The Morgan fingerprint density at radius 2 is 1.82 bits per heavy atom. The molecule has 0 bridgehead atoms. The summed E-state index contributed by atoms with van der Waals surface area (Å²) in [6, 6.07) is 17.5. The van der Waals surface area contributed by atoms with E-state index in [1.54, 1.807) is 12.1 Å². The first kappa shape index (κ1) is 14.3. The highest BCUT2D eigenvalue weighted by Crippen LogP contribution is 2.33. The van der Waals surface area contributed by atoms with E-state index in [4.69, 9.17) is 4.74 Å². The smallest absolute Gasteiger partial charge is 0.147 e. The number of aldehydes is 1. The molecule has 22 heavy (non-hydrogen) atoms. The zero-order chi connectivity index (χ0) is 15.6. The Bertz CT molecular complexity index is 695. The number of ether oxygens (including phenoxy) is 1. The monoisotopic (exact) mass is 294 g/mol. The summed E-state index contributed by atoms with van der Waals surface area (Å²) in [6.07, 6.45) is 1.55. The second-order valence-corrected chi connectivity index (χ2v) is 5.57. The molecule has 0 N–H and O–H groups in total. The molecule has 3 rings (SSSR count). The van der Waals surface area contributed by atoms with Crippen LogP contribution in [0.15, 0.2) is 59.7 Å². The minimum atomic E-state index is -0.656. The molecule has 0 saturated carbocycles. The van der Waals surface area contributed by atoms with Crippen LogP contribution >= 0.6 is 0 Å². The number of hydrogen-bond donors (Lipinski definition) is 0. The van der Waals surface area contributed by atoms with Crippen LogP contribution in [0.2, 0.25) is 0 Å². The van der Waals surface area contributed by atoms with Gasteiger partial charge in [-0.05, 0) is 48.9 Å². The van der Waals surface area contributed by atoms with Gasteiger partial charge in [-0.15, -0.1) is 0 Å². The van der Waals surface area contributed by atoms with Gasteiger partial charge in [-0.3, -0.25) is 5.01 Å². The fourth-order valence-electron chi connectivity index (χ4n) is 2.64. The van der Waals surface area contributed by atoms with E-state index in [9.17, 15) is 4.79 Å². The number of anilines is 1. The molecule has 1 heterocycles. The summed E-state index contributed by atoms with van der Waals surface area (Å²) in [5.41, 5.74) is 2.17. The summed E-state index contributed by atoms with van der Waals surface area (Å²) < 4.78 is 5.18. The predicted molar refractivity (Wildman–Crippen MR) is 87.5 cm³/mol. The standard InChI is InChI=1S/C18H18N2O2/c1-18(13-21)12-17(14-8-10-16(22-2)11-9-14)19-20(18)15-6-4-3-5-7-15/h3-11,13H,12H2,1-2H3. The molecule has 0 spiro atoms. The molecule has 1 aliphatic rings. The first-order valence-electron chi connectivity index (χ1n) is 7.20. The lowest BCUT2D eigenvalue weighted by molar-refractivity contribution is -0.111. The maximum Gasteiger partial charge on any atom is 0.147 e. The summed E-state index contributed by atoms with van der Waals surface area (Å²) in [7, 11) is 1.64. The maximum atomic E-state index is 11.7. The van der Waals surface area contributed by atoms with Crippen molar-refractivity contribution in [3.8, 4) is 5.75 Å². The van der Waals surface area contributed by atoms with Crippen LogP contribution in [-0.4, -0.2) is 24.6 Å². The number of carbonyl (C=O) groups is 1. The maximum absolute atomic E-state index is 11.7. The second kappa shape index (κ2) is 5.64. The first-order chi connectivity index (χ1) is 10.7. The fraction of sp³-hybridized carbons (Fsp3) is 0.222. The summed E-state index contributed by atoms with van der Waals surface area (Å²) in [6.45, 7) is 1.91. The molecule has 2 aromatic carbocycles. The number of para-hydroxylation sites is 1. The van der Waals surface area contributed by atoms with Crippen molar-refractivity contribution < 1.29 is 9.53 Å². The summed E-state index contributed by atoms with van der Waals surface area (Å²) in [4.78, 5) is 11.7. The molecule has 4 heteroatoms. The van der Waals surface area contributed by atoms with Gasteiger partial charge in [-0.1, -0.05) is 18.2 Å². The minimum absolute atomic E-state index is 0.581. The number of rotatable bonds is 4. The van der Waals surface area contributed by atoms with Crippen molar-refractivity contribution in [1.82, 2.24) is 0 Å². The van der Waals surface area contributed by atoms with E-state index in [1.165, 1.54) is 0 Å². The van der Waals surface area contributed by atoms with E-state index < -0.39 is 5.54 Å². The van der Waals surface area contributed by atoms with Gasteiger partial charge in [0.15, 0.2) is 0 Å². The second-order valence-electron chi connectivity index (χ2n) is 5.57. The van der Waals surface area contributed by atoms with Gasteiger partial charge in [-0.25, -0.2) is 0 Å². The largest absolute Gasteiger partial charge is 0.497 e. The van der Waals surface area contributed by atoms with Crippen LogP contribution in [0.25, 0.3) is 0 Å². The Hall–Kier alpha value is -2.62. The van der Waals surface area contributed by atoms with Crippen LogP contribution in [0, 0.1) is 0 Å².